The van der Waals surface area contributed by atoms with E-state index in [-0.39, 0.29) is 17.2 Å². The van der Waals surface area contributed by atoms with E-state index in [9.17, 15) is 9.59 Å². The van der Waals surface area contributed by atoms with E-state index in [0.29, 0.717) is 36.0 Å². The molecule has 0 atom stereocenters. The summed E-state index contributed by atoms with van der Waals surface area (Å²) in [6.07, 6.45) is 1.88. The number of benzene rings is 2. The molecule has 4 heterocycles. The molecule has 0 unspecified atom stereocenters. The number of aromatic nitrogens is 1. The van der Waals surface area contributed by atoms with Crippen LogP contribution in [0.2, 0.25) is 0 Å². The van der Waals surface area contributed by atoms with Gasteiger partial charge in [0.05, 0.1) is 17.0 Å². The van der Waals surface area contributed by atoms with E-state index in [4.69, 9.17) is 9.40 Å². The summed E-state index contributed by atoms with van der Waals surface area (Å²) in [6, 6.07) is 26.3. The summed E-state index contributed by atoms with van der Waals surface area (Å²) < 4.78 is 5.94. The first kappa shape index (κ1) is 29.8. The molecule has 0 saturated carbocycles. The standard InChI is InChI=1S/C37H42N4O3/c1-26-31(25-34(44-26)37(2,3)4)36(43)40-17-15-30(16-18-40)39-19-21-41(22-20-39)35(42)29-23-32(27-11-7-5-8-12-27)38-33(24-29)28-13-9-6-10-14-28/h5-14,23-25,30H,15-22H2,1-4H3. The van der Waals surface area contributed by atoms with E-state index in [0.717, 1.165) is 67.3 Å². The minimum atomic E-state index is -0.133. The first-order valence-corrected chi connectivity index (χ1v) is 15.7. The zero-order chi connectivity index (χ0) is 30.8. The van der Waals surface area contributed by atoms with Crippen molar-refractivity contribution >= 4 is 11.8 Å². The lowest BCUT2D eigenvalue weighted by atomic mass is 9.93. The van der Waals surface area contributed by atoms with Crippen LogP contribution in [0.4, 0.5) is 0 Å². The molecule has 0 radical (unpaired) electrons. The number of carbonyl (C=O) groups excluding carboxylic acids is 2. The highest BCUT2D eigenvalue weighted by Gasteiger charge is 2.32. The van der Waals surface area contributed by atoms with Gasteiger partial charge in [0, 0.05) is 67.4 Å². The molecule has 2 saturated heterocycles. The number of hydrogen-bond acceptors (Lipinski definition) is 5. The third-order valence-electron chi connectivity index (χ3n) is 8.97. The fourth-order valence-electron chi connectivity index (χ4n) is 6.31. The zero-order valence-electron chi connectivity index (χ0n) is 26.3. The maximum Gasteiger partial charge on any atom is 0.257 e. The molecule has 2 aromatic carbocycles. The van der Waals surface area contributed by atoms with Crippen molar-refractivity contribution in [1.82, 2.24) is 19.7 Å². The van der Waals surface area contributed by atoms with Crippen molar-refractivity contribution in [3.8, 4) is 22.5 Å². The van der Waals surface area contributed by atoms with Gasteiger partial charge in [-0.15, -0.1) is 0 Å². The van der Waals surface area contributed by atoms with Crippen LogP contribution < -0.4 is 0 Å². The van der Waals surface area contributed by atoms with Gasteiger partial charge in [-0.25, -0.2) is 4.98 Å². The molecule has 2 aliphatic heterocycles. The highest BCUT2D eigenvalue weighted by atomic mass is 16.3. The van der Waals surface area contributed by atoms with E-state index in [1.165, 1.54) is 0 Å². The van der Waals surface area contributed by atoms with Gasteiger partial charge >= 0.3 is 0 Å². The molecule has 7 nitrogen and oxygen atoms in total. The van der Waals surface area contributed by atoms with Gasteiger partial charge in [0.1, 0.15) is 11.5 Å². The molecule has 2 aliphatic rings. The summed E-state index contributed by atoms with van der Waals surface area (Å²) in [5.74, 6) is 1.66. The average molecular weight is 591 g/mol. The molecule has 7 heteroatoms. The van der Waals surface area contributed by atoms with Gasteiger partial charge in [0.25, 0.3) is 11.8 Å². The van der Waals surface area contributed by atoms with E-state index >= 15 is 0 Å². The van der Waals surface area contributed by atoms with E-state index < -0.39 is 0 Å². The van der Waals surface area contributed by atoms with Crippen LogP contribution in [-0.4, -0.2) is 76.8 Å². The summed E-state index contributed by atoms with van der Waals surface area (Å²) in [4.78, 5) is 38.5. The van der Waals surface area contributed by atoms with Crippen LogP contribution in [0.25, 0.3) is 22.5 Å². The molecular weight excluding hydrogens is 548 g/mol. The van der Waals surface area contributed by atoms with Crippen molar-refractivity contribution in [2.24, 2.45) is 0 Å². The fourth-order valence-corrected chi connectivity index (χ4v) is 6.31. The highest BCUT2D eigenvalue weighted by Crippen LogP contribution is 2.29. The topological polar surface area (TPSA) is 69.9 Å². The number of likely N-dealkylation sites (tertiary alicyclic amines) is 1. The van der Waals surface area contributed by atoms with Crippen molar-refractivity contribution in [2.45, 2.75) is 52.0 Å². The Bertz CT molecular complexity index is 1550. The molecule has 6 rings (SSSR count). The fraction of sp³-hybridized carbons (Fsp3) is 0.378. The third kappa shape index (κ3) is 6.34. The van der Waals surface area contributed by atoms with Crippen LogP contribution in [0.5, 0.6) is 0 Å². The molecule has 228 valence electrons. The number of nitrogens with zero attached hydrogens (tertiary/aromatic N) is 4. The quantitative estimate of drug-likeness (QED) is 0.260. The molecule has 0 bridgehead atoms. The highest BCUT2D eigenvalue weighted by molar-refractivity contribution is 5.97. The monoisotopic (exact) mass is 590 g/mol. The number of piperazine rings is 1. The van der Waals surface area contributed by atoms with Crippen molar-refractivity contribution < 1.29 is 14.0 Å². The summed E-state index contributed by atoms with van der Waals surface area (Å²) in [7, 11) is 0. The second kappa shape index (κ2) is 12.4. The Labute approximate surface area is 260 Å². The van der Waals surface area contributed by atoms with Crippen molar-refractivity contribution in [1.29, 1.82) is 0 Å². The molecule has 0 aliphatic carbocycles. The number of piperidine rings is 1. The van der Waals surface area contributed by atoms with E-state index in [1.807, 2.05) is 95.6 Å². The predicted molar refractivity (Wildman–Crippen MR) is 174 cm³/mol. The molecule has 0 N–H and O–H groups in total. The van der Waals surface area contributed by atoms with Crippen molar-refractivity contribution in [3.05, 3.63) is 102 Å². The Morgan fingerprint density at radius 3 is 1.75 bits per heavy atom. The van der Waals surface area contributed by atoms with Crippen LogP contribution in [-0.2, 0) is 5.41 Å². The Hall–Kier alpha value is -4.23. The maximum absolute atomic E-state index is 13.8. The van der Waals surface area contributed by atoms with Crippen molar-refractivity contribution in [2.75, 3.05) is 39.3 Å². The van der Waals surface area contributed by atoms with Gasteiger partial charge in [-0.05, 0) is 38.0 Å². The number of amides is 2. The van der Waals surface area contributed by atoms with Gasteiger partial charge in [0.2, 0.25) is 0 Å². The van der Waals surface area contributed by atoms with Gasteiger partial charge < -0.3 is 14.2 Å². The SMILES string of the molecule is Cc1oc(C(C)(C)C)cc1C(=O)N1CCC(N2CCN(C(=O)c3cc(-c4ccccc4)nc(-c4ccccc4)c3)CC2)CC1. The summed E-state index contributed by atoms with van der Waals surface area (Å²) in [6.45, 7) is 12.7. The zero-order valence-corrected chi connectivity index (χ0v) is 26.3. The molecule has 44 heavy (non-hydrogen) atoms. The smallest absolute Gasteiger partial charge is 0.257 e. The van der Waals surface area contributed by atoms with Gasteiger partial charge in [-0.2, -0.15) is 0 Å². The molecule has 4 aromatic rings. The molecular formula is C37H42N4O3. The van der Waals surface area contributed by atoms with Crippen LogP contribution in [0, 0.1) is 6.92 Å². The Morgan fingerprint density at radius 1 is 0.727 bits per heavy atom. The second-order valence-electron chi connectivity index (χ2n) is 13.0. The summed E-state index contributed by atoms with van der Waals surface area (Å²) >= 11 is 0. The van der Waals surface area contributed by atoms with Crippen LogP contribution >= 0.6 is 0 Å². The van der Waals surface area contributed by atoms with Crippen LogP contribution in [0.15, 0.2) is 83.3 Å². The Kier molecular flexibility index (Phi) is 8.41. The Balaban J connectivity index is 1.09. The first-order chi connectivity index (χ1) is 21.2. The Morgan fingerprint density at radius 2 is 1.25 bits per heavy atom. The van der Waals surface area contributed by atoms with E-state index in [2.05, 4.69) is 25.7 Å². The minimum absolute atomic E-state index is 0.0481. The molecule has 0 spiro atoms. The van der Waals surface area contributed by atoms with E-state index in [1.54, 1.807) is 0 Å². The molecule has 2 aromatic heterocycles. The number of furan rings is 1. The number of pyridine rings is 1. The number of aryl methyl sites for hydroxylation is 1. The molecule has 2 amide bonds. The molecule has 2 fully saturated rings. The third-order valence-corrected chi connectivity index (χ3v) is 8.97. The normalized spacial score (nSPS) is 16.7. The van der Waals surface area contributed by atoms with Gasteiger partial charge in [-0.3, -0.25) is 14.5 Å². The van der Waals surface area contributed by atoms with Gasteiger partial charge in [-0.1, -0.05) is 81.4 Å². The lowest BCUT2D eigenvalue weighted by Gasteiger charge is -2.42. The summed E-state index contributed by atoms with van der Waals surface area (Å²) in [5.41, 5.74) is 4.81. The van der Waals surface area contributed by atoms with Crippen molar-refractivity contribution in [3.63, 3.8) is 0 Å². The average Bonchev–Trinajstić information content (AvgIpc) is 3.47. The largest absolute Gasteiger partial charge is 0.465 e. The number of hydrogen-bond donors (Lipinski definition) is 0. The predicted octanol–water partition coefficient (Wildman–Crippen LogP) is 6.68. The first-order valence-electron chi connectivity index (χ1n) is 15.7. The maximum atomic E-state index is 13.8. The summed E-state index contributed by atoms with van der Waals surface area (Å²) in [5, 5.41) is 0. The second-order valence-corrected chi connectivity index (χ2v) is 13.0. The van der Waals surface area contributed by atoms with Crippen LogP contribution in [0.1, 0.15) is 65.8 Å². The van der Waals surface area contributed by atoms with Gasteiger partial charge in [0.15, 0.2) is 0 Å². The minimum Gasteiger partial charge on any atom is -0.465 e. The van der Waals surface area contributed by atoms with Crippen LogP contribution in [0.3, 0.4) is 0 Å². The lowest BCUT2D eigenvalue weighted by Crippen LogP contribution is -2.54. The lowest BCUT2D eigenvalue weighted by molar-refractivity contribution is 0.0411. The number of carbonyl (C=O) groups is 2. The number of rotatable bonds is 5.